The van der Waals surface area contributed by atoms with E-state index in [1.165, 1.54) is 63.8 Å². The summed E-state index contributed by atoms with van der Waals surface area (Å²) in [6, 6.07) is 10.4. The van der Waals surface area contributed by atoms with Gasteiger partial charge in [0.2, 0.25) is 0 Å². The molecule has 0 unspecified atom stereocenters. The summed E-state index contributed by atoms with van der Waals surface area (Å²) in [5, 5.41) is 14.3. The highest BCUT2D eigenvalue weighted by Crippen LogP contribution is 2.35. The third-order valence-electron chi connectivity index (χ3n) is 5.81. The van der Waals surface area contributed by atoms with E-state index in [1.54, 1.807) is 17.4 Å². The Labute approximate surface area is 154 Å². The standard InChI is InChI=1S/C21H28N2OS/c24-21-7-3-6-19(14-21)23(20-10-13-25-16-20)18-8-11-22(12-9-18)15-17-4-1-2-5-17/h3,6-7,10,13-14,16-18,24H,1-2,4-5,8-9,11-12,15H2. The number of phenolic OH excluding ortho intramolecular Hbond substituents is 1. The first kappa shape index (κ1) is 16.9. The molecule has 0 radical (unpaired) electrons. The van der Waals surface area contributed by atoms with Crippen LogP contribution < -0.4 is 4.90 Å². The molecule has 0 atom stereocenters. The van der Waals surface area contributed by atoms with Crippen LogP contribution in [-0.2, 0) is 0 Å². The predicted molar refractivity (Wildman–Crippen MR) is 106 cm³/mol. The molecule has 1 aliphatic carbocycles. The van der Waals surface area contributed by atoms with Gasteiger partial charge in [-0.3, -0.25) is 0 Å². The number of anilines is 2. The highest BCUT2D eigenvalue weighted by molar-refractivity contribution is 7.08. The van der Waals surface area contributed by atoms with Gasteiger partial charge in [0.25, 0.3) is 0 Å². The smallest absolute Gasteiger partial charge is 0.117 e. The average molecular weight is 357 g/mol. The molecular formula is C21H28N2OS. The van der Waals surface area contributed by atoms with E-state index in [9.17, 15) is 5.11 Å². The van der Waals surface area contributed by atoms with Crippen molar-refractivity contribution in [1.29, 1.82) is 0 Å². The number of thiophene rings is 1. The normalized spacial score (nSPS) is 20.2. The van der Waals surface area contributed by atoms with Gasteiger partial charge in [-0.15, -0.1) is 0 Å². The molecule has 134 valence electrons. The van der Waals surface area contributed by atoms with Crippen molar-refractivity contribution in [3.8, 4) is 5.75 Å². The quantitative estimate of drug-likeness (QED) is 0.793. The van der Waals surface area contributed by atoms with Crippen molar-refractivity contribution in [1.82, 2.24) is 4.90 Å². The third-order valence-corrected chi connectivity index (χ3v) is 6.48. The van der Waals surface area contributed by atoms with Crippen LogP contribution in [0.2, 0.25) is 0 Å². The van der Waals surface area contributed by atoms with Gasteiger partial charge in [0.1, 0.15) is 5.75 Å². The Bertz CT molecular complexity index is 658. The monoisotopic (exact) mass is 356 g/mol. The van der Waals surface area contributed by atoms with Gasteiger partial charge in [-0.1, -0.05) is 18.9 Å². The van der Waals surface area contributed by atoms with Crippen LogP contribution in [0.25, 0.3) is 0 Å². The van der Waals surface area contributed by atoms with Crippen LogP contribution in [0.4, 0.5) is 11.4 Å². The van der Waals surface area contributed by atoms with Crippen LogP contribution >= 0.6 is 11.3 Å². The van der Waals surface area contributed by atoms with Crippen LogP contribution in [0.5, 0.6) is 5.75 Å². The molecule has 1 N–H and O–H groups in total. The molecule has 2 aromatic rings. The third kappa shape index (κ3) is 4.01. The van der Waals surface area contributed by atoms with Gasteiger partial charge >= 0.3 is 0 Å². The molecule has 1 aliphatic heterocycles. The van der Waals surface area contributed by atoms with E-state index in [0.29, 0.717) is 11.8 Å². The summed E-state index contributed by atoms with van der Waals surface area (Å²) in [7, 11) is 0. The maximum atomic E-state index is 9.93. The number of nitrogens with zero attached hydrogens (tertiary/aromatic N) is 2. The minimum Gasteiger partial charge on any atom is -0.508 e. The maximum Gasteiger partial charge on any atom is 0.117 e. The Balaban J connectivity index is 1.46. The summed E-state index contributed by atoms with van der Waals surface area (Å²) in [4.78, 5) is 5.11. The second kappa shape index (κ2) is 7.79. The zero-order chi connectivity index (χ0) is 17.1. The number of hydrogen-bond donors (Lipinski definition) is 1. The molecule has 1 aromatic heterocycles. The lowest BCUT2D eigenvalue weighted by molar-refractivity contribution is 0.184. The molecule has 2 fully saturated rings. The largest absolute Gasteiger partial charge is 0.508 e. The first-order valence-corrected chi connectivity index (χ1v) is 10.6. The molecule has 4 rings (SSSR count). The van der Waals surface area contributed by atoms with Crippen LogP contribution in [0, 0.1) is 5.92 Å². The zero-order valence-corrected chi connectivity index (χ0v) is 15.6. The molecule has 2 heterocycles. The van der Waals surface area contributed by atoms with Crippen molar-refractivity contribution in [3.63, 3.8) is 0 Å². The molecular weight excluding hydrogens is 328 g/mol. The number of phenols is 1. The molecule has 4 heteroatoms. The minimum atomic E-state index is 0.344. The topological polar surface area (TPSA) is 26.7 Å². The van der Waals surface area contributed by atoms with Gasteiger partial charge < -0.3 is 14.9 Å². The fourth-order valence-electron chi connectivity index (χ4n) is 4.53. The molecule has 2 aliphatic rings. The molecule has 1 saturated heterocycles. The van der Waals surface area contributed by atoms with Gasteiger partial charge in [0.05, 0.1) is 5.69 Å². The summed E-state index contributed by atoms with van der Waals surface area (Å²) < 4.78 is 0. The molecule has 1 aromatic carbocycles. The van der Waals surface area contributed by atoms with E-state index in [2.05, 4.69) is 32.7 Å². The van der Waals surface area contributed by atoms with E-state index in [1.807, 2.05) is 12.1 Å². The fourth-order valence-corrected chi connectivity index (χ4v) is 5.15. The fraction of sp³-hybridized carbons (Fsp3) is 0.524. The molecule has 3 nitrogen and oxygen atoms in total. The first-order chi connectivity index (χ1) is 12.3. The molecule has 0 bridgehead atoms. The number of benzene rings is 1. The SMILES string of the molecule is Oc1cccc(N(c2ccsc2)C2CCN(CC3CCCC3)CC2)c1. The molecule has 0 spiro atoms. The van der Waals surface area contributed by atoms with Gasteiger partial charge in [-0.2, -0.15) is 11.3 Å². The van der Waals surface area contributed by atoms with Crippen molar-refractivity contribution in [2.45, 2.75) is 44.6 Å². The van der Waals surface area contributed by atoms with Gasteiger partial charge in [0.15, 0.2) is 0 Å². The van der Waals surface area contributed by atoms with E-state index in [4.69, 9.17) is 0 Å². The number of hydrogen-bond acceptors (Lipinski definition) is 4. The van der Waals surface area contributed by atoms with Gasteiger partial charge in [0, 0.05) is 42.8 Å². The Kier molecular flexibility index (Phi) is 5.28. The van der Waals surface area contributed by atoms with Crippen LogP contribution in [0.15, 0.2) is 41.1 Å². The Morgan fingerprint density at radius 2 is 1.84 bits per heavy atom. The Morgan fingerprint density at radius 3 is 2.52 bits per heavy atom. The van der Waals surface area contributed by atoms with E-state index in [0.717, 1.165) is 11.6 Å². The molecule has 0 amide bonds. The number of piperidine rings is 1. The second-order valence-corrected chi connectivity index (χ2v) is 8.33. The van der Waals surface area contributed by atoms with Crippen molar-refractivity contribution in [2.75, 3.05) is 24.5 Å². The first-order valence-electron chi connectivity index (χ1n) is 9.62. The van der Waals surface area contributed by atoms with Crippen molar-refractivity contribution in [2.24, 2.45) is 5.92 Å². The maximum absolute atomic E-state index is 9.93. The van der Waals surface area contributed by atoms with Gasteiger partial charge in [-0.05, 0) is 55.2 Å². The summed E-state index contributed by atoms with van der Waals surface area (Å²) in [5.41, 5.74) is 2.36. The van der Waals surface area contributed by atoms with Crippen LogP contribution in [0.1, 0.15) is 38.5 Å². The van der Waals surface area contributed by atoms with E-state index >= 15 is 0 Å². The van der Waals surface area contributed by atoms with Gasteiger partial charge in [-0.25, -0.2) is 0 Å². The summed E-state index contributed by atoms with van der Waals surface area (Å²) in [5.74, 6) is 1.28. The zero-order valence-electron chi connectivity index (χ0n) is 14.8. The van der Waals surface area contributed by atoms with E-state index in [-0.39, 0.29) is 0 Å². The highest BCUT2D eigenvalue weighted by Gasteiger charge is 2.28. The summed E-state index contributed by atoms with van der Waals surface area (Å²) in [6.07, 6.45) is 8.13. The van der Waals surface area contributed by atoms with Crippen LogP contribution in [-0.4, -0.2) is 35.7 Å². The number of likely N-dealkylation sites (tertiary alicyclic amines) is 1. The highest BCUT2D eigenvalue weighted by atomic mass is 32.1. The van der Waals surface area contributed by atoms with Crippen molar-refractivity contribution in [3.05, 3.63) is 41.1 Å². The van der Waals surface area contributed by atoms with Crippen LogP contribution in [0.3, 0.4) is 0 Å². The van der Waals surface area contributed by atoms with E-state index < -0.39 is 0 Å². The Morgan fingerprint density at radius 1 is 1.04 bits per heavy atom. The summed E-state index contributed by atoms with van der Waals surface area (Å²) >= 11 is 1.74. The second-order valence-electron chi connectivity index (χ2n) is 7.55. The minimum absolute atomic E-state index is 0.344. The molecule has 25 heavy (non-hydrogen) atoms. The Hall–Kier alpha value is -1.52. The van der Waals surface area contributed by atoms with Crippen molar-refractivity contribution >= 4 is 22.7 Å². The lowest BCUT2D eigenvalue weighted by Crippen LogP contribution is -2.44. The average Bonchev–Trinajstić information content (AvgIpc) is 3.31. The summed E-state index contributed by atoms with van der Waals surface area (Å²) in [6.45, 7) is 3.69. The van der Waals surface area contributed by atoms with Crippen molar-refractivity contribution < 1.29 is 5.11 Å². The number of aromatic hydroxyl groups is 1. The lowest BCUT2D eigenvalue weighted by atomic mass is 9.99. The predicted octanol–water partition coefficient (Wildman–Crippen LogP) is 5.25. The lowest BCUT2D eigenvalue weighted by Gasteiger charge is -2.40. The molecule has 1 saturated carbocycles. The number of rotatable bonds is 5.